The van der Waals surface area contributed by atoms with Gasteiger partial charge in [-0.1, -0.05) is 13.8 Å². The molecule has 0 spiro atoms. The fourth-order valence-electron chi connectivity index (χ4n) is 1.84. The van der Waals surface area contributed by atoms with E-state index in [9.17, 15) is 9.90 Å². The summed E-state index contributed by atoms with van der Waals surface area (Å²) in [5, 5.41) is 9.21. The summed E-state index contributed by atoms with van der Waals surface area (Å²) < 4.78 is 0. The minimum Gasteiger partial charge on any atom is -0.478 e. The van der Waals surface area contributed by atoms with Crippen molar-refractivity contribution in [3.63, 3.8) is 0 Å². The number of aryl methyl sites for hydroxylation is 1. The normalized spacial score (nSPS) is 14.9. The highest BCUT2D eigenvalue weighted by molar-refractivity contribution is 7.98. The van der Waals surface area contributed by atoms with Crippen molar-refractivity contribution >= 4 is 17.7 Å². The van der Waals surface area contributed by atoms with Gasteiger partial charge in [-0.3, -0.25) is 4.98 Å². The summed E-state index contributed by atoms with van der Waals surface area (Å²) in [6, 6.07) is 1.73. The van der Waals surface area contributed by atoms with Crippen LogP contribution in [0.4, 0.5) is 0 Å². The molecular formula is C12H15NO2S. The number of carboxylic acids is 1. The number of pyridine rings is 1. The summed E-state index contributed by atoms with van der Waals surface area (Å²) in [6.45, 7) is 4.08. The Morgan fingerprint density at radius 1 is 1.56 bits per heavy atom. The summed E-state index contributed by atoms with van der Waals surface area (Å²) in [7, 11) is 0. The van der Waals surface area contributed by atoms with Gasteiger partial charge in [-0.05, 0) is 29.7 Å². The zero-order valence-electron chi connectivity index (χ0n) is 9.49. The minimum absolute atomic E-state index is 0.276. The van der Waals surface area contributed by atoms with Crippen LogP contribution in [0.2, 0.25) is 0 Å². The molecule has 0 unspecified atom stereocenters. The molecule has 0 aliphatic carbocycles. The molecule has 2 heterocycles. The molecule has 1 aromatic rings. The second-order valence-electron chi connectivity index (χ2n) is 4.28. The third-order valence-corrected chi connectivity index (χ3v) is 3.77. The fraction of sp³-hybridized carbons (Fsp3) is 0.500. The van der Waals surface area contributed by atoms with Crippen molar-refractivity contribution in [2.24, 2.45) is 0 Å². The lowest BCUT2D eigenvalue weighted by molar-refractivity contribution is 0.0695. The van der Waals surface area contributed by atoms with E-state index >= 15 is 0 Å². The highest BCUT2D eigenvalue weighted by Crippen LogP contribution is 2.28. The van der Waals surface area contributed by atoms with Crippen LogP contribution in [0.1, 0.15) is 47.1 Å². The molecule has 0 radical (unpaired) electrons. The Labute approximate surface area is 99.3 Å². The third-order valence-electron chi connectivity index (χ3n) is 2.78. The topological polar surface area (TPSA) is 50.2 Å². The van der Waals surface area contributed by atoms with Crippen molar-refractivity contribution in [1.29, 1.82) is 0 Å². The second-order valence-corrected chi connectivity index (χ2v) is 5.39. The molecule has 1 aliphatic rings. The number of nitrogens with zero attached hydrogens (tertiary/aromatic N) is 1. The van der Waals surface area contributed by atoms with E-state index < -0.39 is 5.97 Å². The zero-order valence-corrected chi connectivity index (χ0v) is 10.3. The Bertz CT molecular complexity index is 429. The molecule has 1 aromatic heterocycles. The van der Waals surface area contributed by atoms with Crippen LogP contribution in [0.5, 0.6) is 0 Å². The van der Waals surface area contributed by atoms with Crippen molar-refractivity contribution in [1.82, 2.24) is 4.98 Å². The molecule has 0 fully saturated rings. The Balaban J connectivity index is 2.56. The van der Waals surface area contributed by atoms with Crippen molar-refractivity contribution in [3.05, 3.63) is 28.6 Å². The maximum atomic E-state index is 11.2. The zero-order chi connectivity index (χ0) is 11.7. The van der Waals surface area contributed by atoms with Crippen molar-refractivity contribution in [3.8, 4) is 0 Å². The molecule has 16 heavy (non-hydrogen) atoms. The monoisotopic (exact) mass is 237 g/mol. The average Bonchev–Trinajstić information content (AvgIpc) is 2.27. The summed E-state index contributed by atoms with van der Waals surface area (Å²) in [4.78, 5) is 15.8. The quantitative estimate of drug-likeness (QED) is 0.859. The van der Waals surface area contributed by atoms with Gasteiger partial charge in [0, 0.05) is 17.1 Å². The molecule has 0 aromatic carbocycles. The highest BCUT2D eigenvalue weighted by atomic mass is 32.2. The number of hydrogen-bond donors (Lipinski definition) is 1. The van der Waals surface area contributed by atoms with E-state index in [0.29, 0.717) is 5.56 Å². The Hall–Kier alpha value is -1.03. The first kappa shape index (κ1) is 11.5. The lowest BCUT2D eigenvalue weighted by Crippen LogP contribution is -2.14. The first-order chi connectivity index (χ1) is 7.59. The predicted octanol–water partition coefficient (Wildman–Crippen LogP) is 2.69. The van der Waals surface area contributed by atoms with Crippen molar-refractivity contribution in [2.75, 3.05) is 5.75 Å². The van der Waals surface area contributed by atoms with E-state index in [1.165, 1.54) is 0 Å². The molecule has 4 heteroatoms. The molecule has 0 saturated carbocycles. The smallest absolute Gasteiger partial charge is 0.336 e. The Kier molecular flexibility index (Phi) is 3.19. The van der Waals surface area contributed by atoms with Gasteiger partial charge in [-0.15, -0.1) is 0 Å². The van der Waals surface area contributed by atoms with Crippen molar-refractivity contribution in [2.45, 2.75) is 31.9 Å². The first-order valence-corrected chi connectivity index (χ1v) is 6.58. The highest BCUT2D eigenvalue weighted by Gasteiger charge is 2.20. The van der Waals surface area contributed by atoms with E-state index in [1.54, 1.807) is 17.8 Å². The number of rotatable bonds is 2. The SMILES string of the molecule is CC(C)c1cc(C(=O)O)c2c(n1)CCSC2. The van der Waals surface area contributed by atoms with Crippen LogP contribution >= 0.6 is 11.8 Å². The molecular weight excluding hydrogens is 222 g/mol. The van der Waals surface area contributed by atoms with Gasteiger partial charge in [0.1, 0.15) is 0 Å². The Morgan fingerprint density at radius 2 is 2.31 bits per heavy atom. The van der Waals surface area contributed by atoms with Gasteiger partial charge in [0.05, 0.1) is 5.56 Å². The number of hydrogen-bond acceptors (Lipinski definition) is 3. The van der Waals surface area contributed by atoms with Gasteiger partial charge in [-0.25, -0.2) is 4.79 Å². The molecule has 0 saturated heterocycles. The molecule has 2 rings (SSSR count). The van der Waals surface area contributed by atoms with Gasteiger partial charge in [-0.2, -0.15) is 11.8 Å². The number of carbonyl (C=O) groups is 1. The molecule has 0 atom stereocenters. The summed E-state index contributed by atoms with van der Waals surface area (Å²) in [6.07, 6.45) is 0.890. The molecule has 1 N–H and O–H groups in total. The van der Waals surface area contributed by atoms with Crippen LogP contribution in [0, 0.1) is 0 Å². The first-order valence-electron chi connectivity index (χ1n) is 5.43. The van der Waals surface area contributed by atoms with E-state index in [1.807, 2.05) is 13.8 Å². The third kappa shape index (κ3) is 2.07. The molecule has 0 bridgehead atoms. The molecule has 3 nitrogen and oxygen atoms in total. The van der Waals surface area contributed by atoms with Gasteiger partial charge < -0.3 is 5.11 Å². The largest absolute Gasteiger partial charge is 0.478 e. The van der Waals surface area contributed by atoms with E-state index in [-0.39, 0.29) is 5.92 Å². The fourth-order valence-corrected chi connectivity index (χ4v) is 2.85. The number of carboxylic acid groups (broad SMARTS) is 1. The van der Waals surface area contributed by atoms with Gasteiger partial charge in [0.2, 0.25) is 0 Å². The van der Waals surface area contributed by atoms with Crippen LogP contribution in [0.15, 0.2) is 6.07 Å². The molecule has 0 amide bonds. The van der Waals surface area contributed by atoms with Gasteiger partial charge >= 0.3 is 5.97 Å². The van der Waals surface area contributed by atoms with E-state index in [2.05, 4.69) is 4.98 Å². The van der Waals surface area contributed by atoms with Gasteiger partial charge in [0.25, 0.3) is 0 Å². The van der Waals surface area contributed by atoms with Crippen LogP contribution in [0.25, 0.3) is 0 Å². The van der Waals surface area contributed by atoms with Crippen LogP contribution in [-0.4, -0.2) is 21.8 Å². The predicted molar refractivity (Wildman–Crippen MR) is 65.2 cm³/mol. The number of aromatic carboxylic acids is 1. The van der Waals surface area contributed by atoms with E-state index in [0.717, 1.165) is 34.9 Å². The maximum absolute atomic E-state index is 11.2. The second kappa shape index (κ2) is 4.45. The van der Waals surface area contributed by atoms with Crippen LogP contribution in [0.3, 0.4) is 0 Å². The molecule has 1 aliphatic heterocycles. The summed E-state index contributed by atoms with van der Waals surface area (Å²) >= 11 is 1.78. The lowest BCUT2D eigenvalue weighted by atomic mass is 10.0. The van der Waals surface area contributed by atoms with E-state index in [4.69, 9.17) is 0 Å². The number of aromatic nitrogens is 1. The standard InChI is InChI=1S/C12H15NO2S/c1-7(2)11-5-8(12(14)15)9-6-16-4-3-10(9)13-11/h5,7H,3-4,6H2,1-2H3,(H,14,15). The lowest BCUT2D eigenvalue weighted by Gasteiger charge is -2.19. The molecule has 86 valence electrons. The summed E-state index contributed by atoms with van der Waals surface area (Å²) in [5.41, 5.74) is 3.25. The number of fused-ring (bicyclic) bond motifs is 1. The van der Waals surface area contributed by atoms with Crippen molar-refractivity contribution < 1.29 is 9.90 Å². The van der Waals surface area contributed by atoms with Gasteiger partial charge in [0.15, 0.2) is 0 Å². The maximum Gasteiger partial charge on any atom is 0.336 e. The van der Waals surface area contributed by atoms with Crippen LogP contribution < -0.4 is 0 Å². The average molecular weight is 237 g/mol. The summed E-state index contributed by atoms with van der Waals surface area (Å²) in [5.74, 6) is 1.27. The minimum atomic E-state index is -0.831. The number of thioether (sulfide) groups is 1. The Morgan fingerprint density at radius 3 is 2.94 bits per heavy atom. The van der Waals surface area contributed by atoms with Crippen LogP contribution in [-0.2, 0) is 12.2 Å².